The molecule has 4 heteroatoms. The minimum absolute atomic E-state index is 0.0768. The lowest BCUT2D eigenvalue weighted by atomic mass is 9.82. The Morgan fingerprint density at radius 1 is 0.204 bits per heavy atom. The van der Waals surface area contributed by atoms with Gasteiger partial charge in [-0.3, -0.25) is 0 Å². The van der Waals surface area contributed by atoms with E-state index in [1.165, 1.54) is 209 Å². The van der Waals surface area contributed by atoms with E-state index in [0.29, 0.717) is 0 Å². The predicted octanol–water partition coefficient (Wildman–Crippen LogP) is 29.7. The number of benzene rings is 19. The van der Waals surface area contributed by atoms with E-state index in [9.17, 15) is 0 Å². The Bertz CT molecular complexity index is 7730. The summed E-state index contributed by atoms with van der Waals surface area (Å²) < 4.78 is 7.40. The molecule has 0 unspecified atom stereocenters. The molecule has 0 saturated carbocycles. The van der Waals surface area contributed by atoms with Gasteiger partial charge in [0.1, 0.15) is 0 Å². The van der Waals surface area contributed by atoms with Gasteiger partial charge < -0.3 is 18.6 Å². The van der Waals surface area contributed by atoms with E-state index < -0.39 is 0 Å². The topological polar surface area (TPSA) is 18.0 Å². The first-order valence-electron chi connectivity index (χ1n) is 39.4. The van der Waals surface area contributed by atoms with Gasteiger partial charge in [-0.05, 0) is 231 Å². The zero-order valence-corrected chi connectivity index (χ0v) is 62.2. The second kappa shape index (κ2) is 24.2. The van der Waals surface area contributed by atoms with Crippen molar-refractivity contribution in [2.75, 3.05) is 4.90 Å². The highest BCUT2D eigenvalue weighted by Gasteiger charge is 2.36. The minimum atomic E-state index is -0.0768. The summed E-state index contributed by atoms with van der Waals surface area (Å²) in [6, 6.07) is 144. The van der Waals surface area contributed by atoms with Crippen LogP contribution in [0, 0.1) is 0 Å². The first-order valence-corrected chi connectivity index (χ1v) is 39.4. The molecule has 0 saturated heterocycles. The Labute approximate surface area is 653 Å². The Morgan fingerprint density at radius 2 is 0.566 bits per heavy atom. The Balaban J connectivity index is 0.000000133. The highest BCUT2D eigenvalue weighted by Crippen LogP contribution is 2.56. The zero-order chi connectivity index (χ0) is 74.3. The molecule has 0 bridgehead atoms. The summed E-state index contributed by atoms with van der Waals surface area (Å²) in [5, 5.41) is 18.2. The number of nitrogens with zero attached hydrogens (tertiary/aromatic N) is 4. The maximum Gasteiger partial charge on any atom is 0.0625 e. The maximum atomic E-state index is 2.52. The summed E-state index contributed by atoms with van der Waals surface area (Å²) in [6.07, 6.45) is 0. The van der Waals surface area contributed by atoms with Gasteiger partial charge in [-0.25, -0.2) is 0 Å². The van der Waals surface area contributed by atoms with Gasteiger partial charge in [0, 0.05) is 82.6 Å². The number of aromatic nitrogens is 3. The third-order valence-electron chi connectivity index (χ3n) is 25.1. The van der Waals surface area contributed by atoms with Gasteiger partial charge in [-0.2, -0.15) is 0 Å². The molecule has 0 amide bonds. The second-order valence-corrected chi connectivity index (χ2v) is 31.4. The van der Waals surface area contributed by atoms with Gasteiger partial charge >= 0.3 is 0 Å². The summed E-state index contributed by atoms with van der Waals surface area (Å²) in [7, 11) is 0. The Hall–Kier alpha value is -14.6. The van der Waals surface area contributed by atoms with Crippen LogP contribution in [0.4, 0.5) is 17.1 Å². The normalized spacial score (nSPS) is 12.8. The quantitative estimate of drug-likeness (QED) is 0.148. The highest BCUT2D eigenvalue weighted by molar-refractivity contribution is 6.36. The number of anilines is 3. The van der Waals surface area contributed by atoms with Crippen molar-refractivity contribution in [3.05, 3.63) is 399 Å². The fourth-order valence-corrected chi connectivity index (χ4v) is 20.1. The van der Waals surface area contributed by atoms with Crippen molar-refractivity contribution in [2.45, 2.75) is 19.3 Å². The lowest BCUT2D eigenvalue weighted by Gasteiger charge is -2.28. The summed E-state index contributed by atoms with van der Waals surface area (Å²) in [5.41, 5.74) is 34.9. The van der Waals surface area contributed by atoms with Gasteiger partial charge in [0.05, 0.1) is 33.1 Å². The van der Waals surface area contributed by atoms with Crippen molar-refractivity contribution < 1.29 is 0 Å². The molecule has 3 aromatic heterocycles. The molecule has 113 heavy (non-hydrogen) atoms. The molecule has 3 aliphatic carbocycles. The van der Waals surface area contributed by atoms with Crippen LogP contribution in [0.2, 0.25) is 0 Å². The van der Waals surface area contributed by atoms with Crippen LogP contribution in [0.1, 0.15) is 25.0 Å². The molecule has 0 spiro atoms. The monoisotopic (exact) mass is 1430 g/mol. The van der Waals surface area contributed by atoms with Crippen molar-refractivity contribution in [2.24, 2.45) is 0 Å². The third-order valence-corrected chi connectivity index (χ3v) is 25.1. The summed E-state index contributed by atoms with van der Waals surface area (Å²) in [6.45, 7) is 4.70. The number of para-hydroxylation sites is 3. The molecule has 19 aromatic carbocycles. The molecule has 22 aromatic rings. The van der Waals surface area contributed by atoms with Crippen LogP contribution < -0.4 is 4.90 Å². The fourth-order valence-electron chi connectivity index (χ4n) is 20.1. The van der Waals surface area contributed by atoms with Crippen molar-refractivity contribution in [3.8, 4) is 95.0 Å². The van der Waals surface area contributed by atoms with Crippen LogP contribution in [-0.2, 0) is 5.41 Å². The minimum Gasteiger partial charge on any atom is -0.310 e. The van der Waals surface area contributed by atoms with Crippen LogP contribution in [-0.4, -0.2) is 13.7 Å². The van der Waals surface area contributed by atoms with Crippen molar-refractivity contribution in [1.82, 2.24) is 13.7 Å². The van der Waals surface area contributed by atoms with E-state index in [4.69, 9.17) is 0 Å². The van der Waals surface area contributed by atoms with Gasteiger partial charge in [0.15, 0.2) is 0 Å². The Morgan fingerprint density at radius 3 is 1.06 bits per heavy atom. The van der Waals surface area contributed by atoms with Gasteiger partial charge in [-0.1, -0.05) is 293 Å². The predicted molar refractivity (Wildman–Crippen MR) is 478 cm³/mol. The molecular weight excluding hydrogens is 1370 g/mol. The van der Waals surface area contributed by atoms with Crippen LogP contribution in [0.15, 0.2) is 388 Å². The van der Waals surface area contributed by atoms with E-state index in [2.05, 4.69) is 421 Å². The van der Waals surface area contributed by atoms with Gasteiger partial charge in [-0.15, -0.1) is 0 Å². The molecule has 4 nitrogen and oxygen atoms in total. The zero-order valence-electron chi connectivity index (χ0n) is 62.2. The lowest BCUT2D eigenvalue weighted by Crippen LogP contribution is -2.16. The average molecular weight is 1440 g/mol. The standard InChI is InChI=1S/C59H40N2.C50H30N2/c1-59(2)52-22-11-10-20-48(52)49-33-32-44(36-53(49)59)60(41-15-4-3-5-16-41)42-28-23-37(24-29-42)38-25-30-43(31-26-38)61-54-34-27-39-14-12-21-50-46-18-8-9-19-47(46)51-35-40-13-6-7-17-45(40)58(61)56(51)57(54)55(39)50;1-2-12-37-34(10-1)30-43-39-14-4-3-13-38(39)42-17-9-11-33-24-29-46-49(47(33)42)48(43)50(37)52(46)36-27-22-32(23-28-36)31-20-25-35(26-21-31)51-44-18-7-5-15-40(44)41-16-6-8-19-45(41)51/h3-36H,1-2H3;1-30H. The first-order chi connectivity index (χ1) is 55.8. The van der Waals surface area contributed by atoms with Crippen molar-refractivity contribution in [1.29, 1.82) is 0 Å². The number of hydrogen-bond acceptors (Lipinski definition) is 1. The SMILES string of the molecule is CC1(C)c2ccccc2-c2ccc(N(c3ccccc3)c3ccc(-c4ccc(-n5c6ccc7cccc8c7c6c6c(cc7ccccc7c65)-c5ccccc5-8)cc4)cc3)cc21.c1ccc2c(c1)-c1cccc3ccc4c(c13)c1c-2cc2ccccc2c1n4-c1ccc(-c2ccc(-n3c4ccccc4c4ccccc43)cc2)cc1. The Kier molecular flexibility index (Phi) is 13.6. The molecule has 0 N–H and O–H groups in total. The van der Waals surface area contributed by atoms with E-state index in [1.807, 2.05) is 0 Å². The summed E-state index contributed by atoms with van der Waals surface area (Å²) in [4.78, 5) is 2.38. The molecule has 0 aliphatic heterocycles. The number of rotatable bonds is 8. The largest absolute Gasteiger partial charge is 0.310 e. The van der Waals surface area contributed by atoms with E-state index in [0.717, 1.165) is 22.7 Å². The lowest BCUT2D eigenvalue weighted by molar-refractivity contribution is 0.660. The highest BCUT2D eigenvalue weighted by atomic mass is 15.1. The van der Waals surface area contributed by atoms with Crippen LogP contribution in [0.25, 0.3) is 203 Å². The van der Waals surface area contributed by atoms with Crippen molar-refractivity contribution >= 4 is 126 Å². The second-order valence-electron chi connectivity index (χ2n) is 31.4. The van der Waals surface area contributed by atoms with Crippen LogP contribution in [0.5, 0.6) is 0 Å². The van der Waals surface area contributed by atoms with Crippen LogP contribution in [0.3, 0.4) is 0 Å². The van der Waals surface area contributed by atoms with Crippen molar-refractivity contribution in [3.63, 3.8) is 0 Å². The molecular formula is C109H70N4. The summed E-state index contributed by atoms with van der Waals surface area (Å²) >= 11 is 0. The fraction of sp³-hybridized carbons (Fsp3) is 0.0275. The maximum absolute atomic E-state index is 2.52. The average Bonchev–Trinajstić information content (AvgIpc) is 1.54. The summed E-state index contributed by atoms with van der Waals surface area (Å²) in [5.74, 6) is 0. The smallest absolute Gasteiger partial charge is 0.0625 e. The molecule has 25 rings (SSSR count). The van der Waals surface area contributed by atoms with Crippen LogP contribution >= 0.6 is 0 Å². The van der Waals surface area contributed by atoms with Gasteiger partial charge in [0.25, 0.3) is 0 Å². The molecule has 526 valence electrons. The van der Waals surface area contributed by atoms with Gasteiger partial charge in [0.2, 0.25) is 0 Å². The number of fused-ring (bicyclic) bond motifs is 16. The molecule has 0 fully saturated rings. The van der Waals surface area contributed by atoms with E-state index >= 15 is 0 Å². The molecule has 0 atom stereocenters. The number of hydrogen-bond donors (Lipinski definition) is 0. The van der Waals surface area contributed by atoms with E-state index in [1.54, 1.807) is 0 Å². The van der Waals surface area contributed by atoms with E-state index in [-0.39, 0.29) is 5.41 Å². The first kappa shape index (κ1) is 63.4. The third kappa shape index (κ3) is 9.26. The molecule has 3 aliphatic rings. The molecule has 0 radical (unpaired) electrons. The molecule has 3 heterocycles.